The molecule has 2 heterocycles. The molecule has 8 heteroatoms. The number of carbonyl (C=O) groups is 2. The van der Waals surface area contributed by atoms with E-state index in [0.29, 0.717) is 17.1 Å². The summed E-state index contributed by atoms with van der Waals surface area (Å²) in [5, 5.41) is 14.8. The number of amides is 2. The Labute approximate surface area is 193 Å². The van der Waals surface area contributed by atoms with Gasteiger partial charge in [0.05, 0.1) is 23.3 Å². The molecule has 0 radical (unpaired) electrons. The number of nitrogens with one attached hydrogen (secondary N) is 2. The van der Waals surface area contributed by atoms with E-state index in [1.807, 2.05) is 48.0 Å². The van der Waals surface area contributed by atoms with Gasteiger partial charge in [0.15, 0.2) is 0 Å². The summed E-state index contributed by atoms with van der Waals surface area (Å²) in [6.07, 6.45) is 2.77. The number of nitrogens with zero attached hydrogens (tertiary/aromatic N) is 3. The lowest BCUT2D eigenvalue weighted by Crippen LogP contribution is -2.32. The van der Waals surface area contributed by atoms with E-state index in [9.17, 15) is 9.59 Å². The fourth-order valence-electron chi connectivity index (χ4n) is 4.28. The largest absolute Gasteiger partial charge is 0.361 e. The molecule has 33 heavy (non-hydrogen) atoms. The molecule has 1 aliphatic carbocycles. The van der Waals surface area contributed by atoms with Crippen molar-refractivity contribution in [3.8, 4) is 0 Å². The second kappa shape index (κ2) is 9.21. The number of aryl methyl sites for hydroxylation is 1. The molecule has 2 aromatic heterocycles. The third-order valence-electron chi connectivity index (χ3n) is 5.86. The van der Waals surface area contributed by atoms with Crippen LogP contribution in [0.15, 0.2) is 47.0 Å². The zero-order chi connectivity index (χ0) is 23.6. The summed E-state index contributed by atoms with van der Waals surface area (Å²) >= 11 is 0. The second-order valence-corrected chi connectivity index (χ2v) is 9.74. The van der Waals surface area contributed by atoms with Gasteiger partial charge in [0.2, 0.25) is 5.91 Å². The van der Waals surface area contributed by atoms with Crippen LogP contribution in [-0.2, 0) is 16.8 Å². The predicted molar refractivity (Wildman–Crippen MR) is 125 cm³/mol. The van der Waals surface area contributed by atoms with Gasteiger partial charge in [-0.3, -0.25) is 9.59 Å². The molecule has 1 aliphatic rings. The minimum atomic E-state index is -0.302. The van der Waals surface area contributed by atoms with E-state index in [2.05, 4.69) is 36.6 Å². The quantitative estimate of drug-likeness (QED) is 0.588. The molecular formula is C25H31N5O3. The Kier molecular flexibility index (Phi) is 6.35. The Bertz CT molecular complexity index is 1130. The highest BCUT2D eigenvalue weighted by molar-refractivity contribution is 5.94. The molecule has 1 aromatic carbocycles. The van der Waals surface area contributed by atoms with Crippen LogP contribution in [0.2, 0.25) is 0 Å². The average molecular weight is 450 g/mol. The Morgan fingerprint density at radius 2 is 1.91 bits per heavy atom. The van der Waals surface area contributed by atoms with Crippen molar-refractivity contribution < 1.29 is 14.1 Å². The molecule has 2 atom stereocenters. The van der Waals surface area contributed by atoms with Crippen LogP contribution in [0.25, 0.3) is 0 Å². The highest BCUT2D eigenvalue weighted by Crippen LogP contribution is 2.36. The van der Waals surface area contributed by atoms with Gasteiger partial charge in [0.25, 0.3) is 5.91 Å². The molecule has 0 spiro atoms. The molecule has 0 aliphatic heterocycles. The van der Waals surface area contributed by atoms with Gasteiger partial charge < -0.3 is 15.2 Å². The van der Waals surface area contributed by atoms with Crippen molar-refractivity contribution in [2.45, 2.75) is 70.9 Å². The summed E-state index contributed by atoms with van der Waals surface area (Å²) < 4.78 is 7.03. The second-order valence-electron chi connectivity index (χ2n) is 9.74. The zero-order valence-electron chi connectivity index (χ0n) is 19.6. The minimum Gasteiger partial charge on any atom is -0.361 e. The molecule has 174 valence electrons. The Morgan fingerprint density at radius 3 is 2.58 bits per heavy atom. The van der Waals surface area contributed by atoms with E-state index >= 15 is 0 Å². The van der Waals surface area contributed by atoms with Gasteiger partial charge in [-0.2, -0.15) is 5.10 Å². The molecule has 1 fully saturated rings. The molecular weight excluding hydrogens is 418 g/mol. The number of benzene rings is 1. The molecule has 2 amide bonds. The van der Waals surface area contributed by atoms with E-state index in [-0.39, 0.29) is 35.7 Å². The highest BCUT2D eigenvalue weighted by atomic mass is 16.5. The average Bonchev–Trinajstić information content (AvgIpc) is 3.48. The molecule has 3 aromatic rings. The maximum Gasteiger partial charge on any atom is 0.251 e. The van der Waals surface area contributed by atoms with Gasteiger partial charge in [0.1, 0.15) is 11.6 Å². The van der Waals surface area contributed by atoms with Gasteiger partial charge in [-0.25, -0.2) is 4.68 Å². The van der Waals surface area contributed by atoms with Gasteiger partial charge >= 0.3 is 0 Å². The first-order valence-electron chi connectivity index (χ1n) is 11.4. The summed E-state index contributed by atoms with van der Waals surface area (Å²) in [6.45, 7) is 7.98. The lowest BCUT2D eigenvalue weighted by atomic mass is 10.0. The first-order valence-corrected chi connectivity index (χ1v) is 11.4. The van der Waals surface area contributed by atoms with Crippen molar-refractivity contribution in [1.82, 2.24) is 20.3 Å². The van der Waals surface area contributed by atoms with Crippen LogP contribution in [0.1, 0.15) is 73.5 Å². The molecule has 0 bridgehead atoms. The van der Waals surface area contributed by atoms with Crippen molar-refractivity contribution in [1.29, 1.82) is 0 Å². The first kappa shape index (κ1) is 22.8. The smallest absolute Gasteiger partial charge is 0.251 e. The monoisotopic (exact) mass is 449 g/mol. The lowest BCUT2D eigenvalue weighted by Gasteiger charge is -2.22. The summed E-state index contributed by atoms with van der Waals surface area (Å²) in [4.78, 5) is 25.1. The maximum atomic E-state index is 12.6. The van der Waals surface area contributed by atoms with E-state index in [4.69, 9.17) is 9.62 Å². The SMILES string of the molecule is Cc1cc(CC(=O)Nc2cc([C@H]3CC[C@@H](NC(=O)c4ccccc4)C3)nn2C(C)(C)C)on1. The topological polar surface area (TPSA) is 102 Å². The Balaban J connectivity index is 1.44. The normalized spacial score (nSPS) is 18.3. The van der Waals surface area contributed by atoms with Gasteiger partial charge in [-0.1, -0.05) is 23.4 Å². The Hall–Kier alpha value is -3.42. The number of aromatic nitrogens is 3. The van der Waals surface area contributed by atoms with Crippen molar-refractivity contribution in [3.63, 3.8) is 0 Å². The molecule has 0 saturated heterocycles. The van der Waals surface area contributed by atoms with Gasteiger partial charge in [0, 0.05) is 29.7 Å². The number of rotatable bonds is 6. The van der Waals surface area contributed by atoms with Crippen LogP contribution in [0.5, 0.6) is 0 Å². The van der Waals surface area contributed by atoms with Crippen molar-refractivity contribution in [3.05, 3.63) is 65.2 Å². The summed E-state index contributed by atoms with van der Waals surface area (Å²) in [6, 6.07) is 13.1. The molecule has 8 nitrogen and oxygen atoms in total. The lowest BCUT2D eigenvalue weighted by molar-refractivity contribution is -0.115. The fraction of sp³-hybridized carbons (Fsp3) is 0.440. The van der Waals surface area contributed by atoms with Crippen LogP contribution >= 0.6 is 0 Å². The molecule has 4 rings (SSSR count). The zero-order valence-corrected chi connectivity index (χ0v) is 19.6. The summed E-state index contributed by atoms with van der Waals surface area (Å²) in [7, 11) is 0. The number of carbonyl (C=O) groups excluding carboxylic acids is 2. The van der Waals surface area contributed by atoms with Crippen molar-refractivity contribution >= 4 is 17.6 Å². The van der Waals surface area contributed by atoms with E-state index < -0.39 is 0 Å². The standard InChI is InChI=1S/C25H31N5O3/c1-16-12-20(33-29-16)14-23(31)27-22-15-21(28-30(22)25(2,3)4)18-10-11-19(13-18)26-24(32)17-8-6-5-7-9-17/h5-9,12,15,18-19H,10-11,13-14H2,1-4H3,(H,26,32)(H,27,31)/t18-,19+/m0/s1. The Morgan fingerprint density at radius 1 is 1.15 bits per heavy atom. The van der Waals surface area contributed by atoms with Crippen LogP contribution in [0.4, 0.5) is 5.82 Å². The maximum absolute atomic E-state index is 12.6. The summed E-state index contributed by atoms with van der Waals surface area (Å²) in [5.74, 6) is 1.19. The van der Waals surface area contributed by atoms with Gasteiger partial charge in [-0.15, -0.1) is 0 Å². The third kappa shape index (κ3) is 5.50. The first-order chi connectivity index (χ1) is 15.7. The van der Waals surface area contributed by atoms with Crippen LogP contribution < -0.4 is 10.6 Å². The number of hydrogen-bond acceptors (Lipinski definition) is 5. The van der Waals surface area contributed by atoms with Crippen LogP contribution in [-0.4, -0.2) is 32.8 Å². The van der Waals surface area contributed by atoms with Crippen LogP contribution in [0, 0.1) is 6.92 Å². The van der Waals surface area contributed by atoms with Gasteiger partial charge in [-0.05, 0) is 59.1 Å². The molecule has 1 saturated carbocycles. The predicted octanol–water partition coefficient (Wildman–Crippen LogP) is 4.18. The van der Waals surface area contributed by atoms with E-state index in [0.717, 1.165) is 30.7 Å². The molecule has 2 N–H and O–H groups in total. The van der Waals surface area contributed by atoms with E-state index in [1.165, 1.54) is 0 Å². The summed E-state index contributed by atoms with van der Waals surface area (Å²) in [5.41, 5.74) is 2.05. The third-order valence-corrected chi connectivity index (χ3v) is 5.86. The van der Waals surface area contributed by atoms with E-state index in [1.54, 1.807) is 6.07 Å². The van der Waals surface area contributed by atoms with Crippen molar-refractivity contribution in [2.75, 3.05) is 5.32 Å². The number of hydrogen-bond donors (Lipinski definition) is 2. The highest BCUT2D eigenvalue weighted by Gasteiger charge is 2.31. The van der Waals surface area contributed by atoms with Crippen molar-refractivity contribution in [2.24, 2.45) is 0 Å². The number of anilines is 1. The van der Waals surface area contributed by atoms with Crippen LogP contribution in [0.3, 0.4) is 0 Å². The minimum absolute atomic E-state index is 0.0444. The fourth-order valence-corrected chi connectivity index (χ4v) is 4.28. The molecule has 0 unspecified atom stereocenters.